The van der Waals surface area contributed by atoms with E-state index in [0.29, 0.717) is 6.04 Å². The second kappa shape index (κ2) is 5.82. The monoisotopic (exact) mass is 273 g/mol. The van der Waals surface area contributed by atoms with Crippen molar-refractivity contribution in [3.05, 3.63) is 40.7 Å². The number of rotatable bonds is 4. The Balaban J connectivity index is 1.59. The molecule has 0 aliphatic carbocycles. The lowest BCUT2D eigenvalue weighted by Gasteiger charge is -2.11. The van der Waals surface area contributed by atoms with E-state index in [9.17, 15) is 0 Å². The Morgan fingerprint density at radius 1 is 1.37 bits per heavy atom. The maximum Gasteiger partial charge on any atom is 0.107 e. The van der Waals surface area contributed by atoms with E-state index < -0.39 is 0 Å². The van der Waals surface area contributed by atoms with Gasteiger partial charge in [-0.05, 0) is 20.0 Å². The molecule has 0 amide bonds. The van der Waals surface area contributed by atoms with Crippen LogP contribution >= 0.6 is 11.3 Å². The van der Waals surface area contributed by atoms with E-state index in [1.165, 1.54) is 23.5 Å². The molecular formula is C15H19N3S. The van der Waals surface area contributed by atoms with Crippen LogP contribution in [-0.4, -0.2) is 36.1 Å². The number of hydrogen-bond donors (Lipinski definition) is 1. The number of nitrogens with one attached hydrogen (secondary N) is 1. The molecule has 1 aliphatic rings. The highest BCUT2D eigenvalue weighted by Gasteiger charge is 2.18. The van der Waals surface area contributed by atoms with Crippen LogP contribution in [-0.2, 0) is 6.54 Å². The normalized spacial score (nSPS) is 19.9. The second-order valence-electron chi connectivity index (χ2n) is 5.12. The molecule has 2 heterocycles. The molecule has 1 saturated heterocycles. The number of thiazole rings is 1. The van der Waals surface area contributed by atoms with E-state index in [4.69, 9.17) is 4.98 Å². The minimum absolute atomic E-state index is 0.620. The summed E-state index contributed by atoms with van der Waals surface area (Å²) < 4.78 is 0. The molecule has 0 saturated carbocycles. The number of hydrogen-bond acceptors (Lipinski definition) is 4. The van der Waals surface area contributed by atoms with Crippen molar-refractivity contribution in [1.29, 1.82) is 0 Å². The third-order valence-electron chi connectivity index (χ3n) is 3.55. The summed E-state index contributed by atoms with van der Waals surface area (Å²) >= 11 is 1.74. The average Bonchev–Trinajstić information content (AvgIpc) is 3.06. The summed E-state index contributed by atoms with van der Waals surface area (Å²) in [7, 11) is 2.18. The lowest BCUT2D eigenvalue weighted by Crippen LogP contribution is -2.30. The summed E-state index contributed by atoms with van der Waals surface area (Å²) in [5.41, 5.74) is 2.29. The quantitative estimate of drug-likeness (QED) is 0.928. The lowest BCUT2D eigenvalue weighted by molar-refractivity contribution is 0.397. The van der Waals surface area contributed by atoms with E-state index in [2.05, 4.69) is 46.9 Å². The van der Waals surface area contributed by atoms with Crippen molar-refractivity contribution in [3.8, 4) is 11.3 Å². The van der Waals surface area contributed by atoms with Gasteiger partial charge in [-0.3, -0.25) is 0 Å². The van der Waals surface area contributed by atoms with E-state index in [0.717, 1.165) is 18.8 Å². The molecule has 1 fully saturated rings. The summed E-state index contributed by atoms with van der Waals surface area (Å²) in [6.07, 6.45) is 1.24. The van der Waals surface area contributed by atoms with Crippen LogP contribution in [0.3, 0.4) is 0 Å². The first kappa shape index (κ1) is 12.8. The summed E-state index contributed by atoms with van der Waals surface area (Å²) in [4.78, 5) is 7.07. The predicted octanol–water partition coefficient (Wildman–Crippen LogP) is 2.60. The summed E-state index contributed by atoms with van der Waals surface area (Å²) in [5.74, 6) is 0. The van der Waals surface area contributed by atoms with Crippen molar-refractivity contribution in [3.63, 3.8) is 0 Å². The molecule has 1 unspecified atom stereocenters. The lowest BCUT2D eigenvalue weighted by atomic mass is 10.2. The van der Waals surface area contributed by atoms with Crippen molar-refractivity contribution in [2.45, 2.75) is 19.0 Å². The summed E-state index contributed by atoms with van der Waals surface area (Å²) in [6.45, 7) is 3.23. The number of likely N-dealkylation sites (N-methyl/N-ethyl adjacent to an activating group) is 1. The second-order valence-corrected chi connectivity index (χ2v) is 6.06. The fourth-order valence-corrected chi connectivity index (χ4v) is 3.22. The standard InChI is InChI=1S/C15H19N3S/c1-18-8-7-13(10-18)16-9-15-17-14(11-19-15)12-5-3-2-4-6-12/h2-6,11,13,16H,7-10H2,1H3. The topological polar surface area (TPSA) is 28.2 Å². The van der Waals surface area contributed by atoms with Crippen LogP contribution in [0.2, 0.25) is 0 Å². The molecule has 1 aromatic heterocycles. The van der Waals surface area contributed by atoms with E-state index in [1.54, 1.807) is 11.3 Å². The molecule has 1 atom stereocenters. The molecule has 1 aliphatic heterocycles. The molecule has 1 aromatic carbocycles. The van der Waals surface area contributed by atoms with Crippen LogP contribution in [0.1, 0.15) is 11.4 Å². The van der Waals surface area contributed by atoms with Crippen LogP contribution in [0.4, 0.5) is 0 Å². The van der Waals surface area contributed by atoms with Gasteiger partial charge in [0.15, 0.2) is 0 Å². The van der Waals surface area contributed by atoms with Gasteiger partial charge >= 0.3 is 0 Å². The number of likely N-dealkylation sites (tertiary alicyclic amines) is 1. The van der Waals surface area contributed by atoms with Gasteiger partial charge in [-0.1, -0.05) is 30.3 Å². The first-order chi connectivity index (χ1) is 9.31. The molecule has 1 N–H and O–H groups in total. The average molecular weight is 273 g/mol. The van der Waals surface area contributed by atoms with Crippen LogP contribution in [0.25, 0.3) is 11.3 Å². The van der Waals surface area contributed by atoms with Crippen molar-refractivity contribution in [2.75, 3.05) is 20.1 Å². The number of aromatic nitrogens is 1. The van der Waals surface area contributed by atoms with Gasteiger partial charge in [-0.2, -0.15) is 0 Å². The van der Waals surface area contributed by atoms with E-state index in [1.807, 2.05) is 6.07 Å². The highest BCUT2D eigenvalue weighted by Crippen LogP contribution is 2.21. The maximum absolute atomic E-state index is 4.70. The zero-order chi connectivity index (χ0) is 13.1. The zero-order valence-corrected chi connectivity index (χ0v) is 12.0. The van der Waals surface area contributed by atoms with Crippen LogP contribution in [0.15, 0.2) is 35.7 Å². The molecular weight excluding hydrogens is 254 g/mol. The molecule has 4 heteroatoms. The Labute approximate surface area is 118 Å². The highest BCUT2D eigenvalue weighted by atomic mass is 32.1. The van der Waals surface area contributed by atoms with Gasteiger partial charge in [-0.25, -0.2) is 4.98 Å². The van der Waals surface area contributed by atoms with Gasteiger partial charge in [0.25, 0.3) is 0 Å². The van der Waals surface area contributed by atoms with Crippen molar-refractivity contribution >= 4 is 11.3 Å². The van der Waals surface area contributed by atoms with Crippen molar-refractivity contribution in [2.24, 2.45) is 0 Å². The van der Waals surface area contributed by atoms with Gasteiger partial charge < -0.3 is 10.2 Å². The van der Waals surface area contributed by atoms with Crippen LogP contribution in [0.5, 0.6) is 0 Å². The van der Waals surface area contributed by atoms with Crippen molar-refractivity contribution < 1.29 is 0 Å². The molecule has 0 bridgehead atoms. The number of benzene rings is 1. The Morgan fingerprint density at radius 3 is 2.95 bits per heavy atom. The largest absolute Gasteiger partial charge is 0.306 e. The minimum Gasteiger partial charge on any atom is -0.306 e. The molecule has 19 heavy (non-hydrogen) atoms. The predicted molar refractivity (Wildman–Crippen MR) is 80.3 cm³/mol. The zero-order valence-electron chi connectivity index (χ0n) is 11.2. The maximum atomic E-state index is 4.70. The smallest absolute Gasteiger partial charge is 0.107 e. The molecule has 3 rings (SSSR count). The molecule has 0 spiro atoms. The highest BCUT2D eigenvalue weighted by molar-refractivity contribution is 7.09. The third-order valence-corrected chi connectivity index (χ3v) is 4.40. The summed E-state index contributed by atoms with van der Waals surface area (Å²) in [6, 6.07) is 11.0. The van der Waals surface area contributed by atoms with Gasteiger partial charge in [0.05, 0.1) is 5.69 Å². The Bertz CT molecular complexity index is 523. The Hall–Kier alpha value is -1.23. The SMILES string of the molecule is CN1CCC(NCc2nc(-c3ccccc3)cs2)C1. The minimum atomic E-state index is 0.620. The Morgan fingerprint density at radius 2 is 2.21 bits per heavy atom. The van der Waals surface area contributed by atoms with Crippen molar-refractivity contribution in [1.82, 2.24) is 15.2 Å². The molecule has 2 aromatic rings. The van der Waals surface area contributed by atoms with E-state index in [-0.39, 0.29) is 0 Å². The van der Waals surface area contributed by atoms with Gasteiger partial charge in [0.2, 0.25) is 0 Å². The van der Waals surface area contributed by atoms with E-state index >= 15 is 0 Å². The molecule has 0 radical (unpaired) electrons. The van der Waals surface area contributed by atoms with Crippen LogP contribution < -0.4 is 5.32 Å². The fourth-order valence-electron chi connectivity index (χ4n) is 2.47. The molecule has 3 nitrogen and oxygen atoms in total. The number of nitrogens with zero attached hydrogens (tertiary/aromatic N) is 2. The van der Waals surface area contributed by atoms with Gasteiger partial charge in [0.1, 0.15) is 5.01 Å². The summed E-state index contributed by atoms with van der Waals surface area (Å²) in [5, 5.41) is 6.92. The van der Waals surface area contributed by atoms with Crippen LogP contribution in [0, 0.1) is 0 Å². The first-order valence-electron chi connectivity index (χ1n) is 6.73. The third kappa shape index (κ3) is 3.21. The fraction of sp³-hybridized carbons (Fsp3) is 0.400. The van der Waals surface area contributed by atoms with Gasteiger partial charge in [0, 0.05) is 30.1 Å². The molecule has 100 valence electrons. The first-order valence-corrected chi connectivity index (χ1v) is 7.61. The van der Waals surface area contributed by atoms with Gasteiger partial charge in [-0.15, -0.1) is 11.3 Å². The Kier molecular flexibility index (Phi) is 3.92.